The predicted octanol–water partition coefficient (Wildman–Crippen LogP) is 6.26. The third kappa shape index (κ3) is 5.53. The Morgan fingerprint density at radius 1 is 0.889 bits per heavy atom. The monoisotopic (exact) mass is 539 g/mol. The number of para-hydroxylation sites is 1. The van der Waals surface area contributed by atoms with Gasteiger partial charge in [-0.25, -0.2) is 5.43 Å². The summed E-state index contributed by atoms with van der Waals surface area (Å²) in [4.78, 5) is 16.5. The van der Waals surface area contributed by atoms with Crippen molar-refractivity contribution in [2.45, 2.75) is 6.61 Å². The van der Waals surface area contributed by atoms with Gasteiger partial charge >= 0.3 is 0 Å². The summed E-state index contributed by atoms with van der Waals surface area (Å²) in [5.41, 5.74) is 5.12. The molecule has 0 aliphatic heterocycles. The second-order valence-corrected chi connectivity index (χ2v) is 8.88. The Hall–Kier alpha value is -4.23. The molecule has 0 radical (unpaired) electrons. The van der Waals surface area contributed by atoms with E-state index in [1.165, 1.54) is 10.8 Å². The fourth-order valence-corrected chi connectivity index (χ4v) is 4.35. The highest BCUT2D eigenvalue weighted by Crippen LogP contribution is 2.28. The number of pyridine rings is 1. The maximum atomic E-state index is 12.2. The van der Waals surface area contributed by atoms with Gasteiger partial charge in [0.05, 0.1) is 10.7 Å². The average molecular weight is 540 g/mol. The standard InChI is InChI=1S/C29H22BrN3O3/c30-25-16-20(13-14-26(25)35-18-23-9-3-7-21-6-1-2-11-24(21)23)17-32-33-28(34)19-36-27-12-4-8-22-10-5-15-31-29(22)27/h1-17H,18-19H2,(H,33,34)/b32-17-. The SMILES string of the molecule is O=C(COc1cccc2cccnc12)N/N=C\c1ccc(OCc2cccc3ccccc23)c(Br)c1. The number of benzene rings is 4. The molecular formula is C29H22BrN3O3. The van der Waals surface area contributed by atoms with Crippen LogP contribution in [0, 0.1) is 0 Å². The van der Waals surface area contributed by atoms with E-state index < -0.39 is 0 Å². The van der Waals surface area contributed by atoms with E-state index in [9.17, 15) is 4.79 Å². The van der Waals surface area contributed by atoms with Gasteiger partial charge in [0.2, 0.25) is 0 Å². The number of hydrogen-bond acceptors (Lipinski definition) is 5. The van der Waals surface area contributed by atoms with Gasteiger partial charge in [-0.05, 0) is 68.2 Å². The molecule has 0 saturated carbocycles. The Labute approximate surface area is 216 Å². The van der Waals surface area contributed by atoms with E-state index >= 15 is 0 Å². The molecule has 1 N–H and O–H groups in total. The van der Waals surface area contributed by atoms with E-state index in [2.05, 4.69) is 55.7 Å². The second kappa shape index (κ2) is 11.0. The summed E-state index contributed by atoms with van der Waals surface area (Å²) in [6.07, 6.45) is 3.26. The number of hydrazone groups is 1. The number of hydrogen-bond donors (Lipinski definition) is 1. The Balaban J connectivity index is 1.15. The molecule has 0 saturated heterocycles. The topological polar surface area (TPSA) is 72.8 Å². The molecule has 0 unspecified atom stereocenters. The molecule has 0 spiro atoms. The van der Waals surface area contributed by atoms with Crippen LogP contribution in [0.5, 0.6) is 11.5 Å². The first kappa shape index (κ1) is 23.5. The number of halogens is 1. The van der Waals surface area contributed by atoms with E-state index in [0.29, 0.717) is 17.9 Å². The van der Waals surface area contributed by atoms with Crippen LogP contribution in [0.4, 0.5) is 0 Å². The number of nitrogens with zero attached hydrogens (tertiary/aromatic N) is 2. The molecular weight excluding hydrogens is 518 g/mol. The molecule has 0 atom stereocenters. The van der Waals surface area contributed by atoms with Crippen LogP contribution in [0.3, 0.4) is 0 Å². The Bertz CT molecular complexity index is 1560. The van der Waals surface area contributed by atoms with Crippen molar-refractivity contribution in [3.63, 3.8) is 0 Å². The van der Waals surface area contributed by atoms with Gasteiger partial charge in [0, 0.05) is 11.6 Å². The fourth-order valence-electron chi connectivity index (χ4n) is 3.84. The molecule has 7 heteroatoms. The van der Waals surface area contributed by atoms with Gasteiger partial charge < -0.3 is 9.47 Å². The van der Waals surface area contributed by atoms with Crippen LogP contribution < -0.4 is 14.9 Å². The summed E-state index contributed by atoms with van der Waals surface area (Å²) >= 11 is 3.56. The summed E-state index contributed by atoms with van der Waals surface area (Å²) < 4.78 is 12.5. The quantitative estimate of drug-likeness (QED) is 0.186. The van der Waals surface area contributed by atoms with Crippen molar-refractivity contribution in [2.75, 3.05) is 6.61 Å². The van der Waals surface area contributed by atoms with Crippen molar-refractivity contribution in [2.24, 2.45) is 5.10 Å². The minimum atomic E-state index is -0.367. The lowest BCUT2D eigenvalue weighted by atomic mass is 10.1. The van der Waals surface area contributed by atoms with Crippen LogP contribution in [-0.4, -0.2) is 23.7 Å². The van der Waals surface area contributed by atoms with Gasteiger partial charge in [0.25, 0.3) is 5.91 Å². The second-order valence-electron chi connectivity index (χ2n) is 8.03. The largest absolute Gasteiger partial charge is 0.488 e. The first-order valence-electron chi connectivity index (χ1n) is 11.3. The maximum Gasteiger partial charge on any atom is 0.277 e. The Kier molecular flexibility index (Phi) is 7.19. The van der Waals surface area contributed by atoms with E-state index in [-0.39, 0.29) is 12.5 Å². The molecule has 0 fully saturated rings. The number of aromatic nitrogens is 1. The highest BCUT2D eigenvalue weighted by Gasteiger charge is 2.07. The molecule has 0 bridgehead atoms. The minimum absolute atomic E-state index is 0.169. The summed E-state index contributed by atoms with van der Waals surface area (Å²) in [6.45, 7) is 0.285. The molecule has 4 aromatic carbocycles. The first-order valence-corrected chi connectivity index (χ1v) is 12.1. The lowest BCUT2D eigenvalue weighted by molar-refractivity contribution is -0.123. The summed E-state index contributed by atoms with van der Waals surface area (Å²) in [5, 5.41) is 7.34. The van der Waals surface area contributed by atoms with Crippen molar-refractivity contribution in [3.05, 3.63) is 113 Å². The van der Waals surface area contributed by atoms with E-state index in [1.807, 2.05) is 60.7 Å². The van der Waals surface area contributed by atoms with Crippen LogP contribution in [0.15, 0.2) is 107 Å². The van der Waals surface area contributed by atoms with Crippen molar-refractivity contribution in [3.8, 4) is 11.5 Å². The third-order valence-electron chi connectivity index (χ3n) is 5.58. The van der Waals surface area contributed by atoms with E-state index in [1.54, 1.807) is 18.5 Å². The molecule has 1 aromatic heterocycles. The molecule has 5 rings (SSSR count). The van der Waals surface area contributed by atoms with E-state index in [0.717, 1.165) is 26.7 Å². The zero-order valence-electron chi connectivity index (χ0n) is 19.2. The van der Waals surface area contributed by atoms with E-state index in [4.69, 9.17) is 9.47 Å². The van der Waals surface area contributed by atoms with Gasteiger partial charge in [0.1, 0.15) is 23.6 Å². The van der Waals surface area contributed by atoms with Gasteiger partial charge in [-0.3, -0.25) is 9.78 Å². The van der Waals surface area contributed by atoms with Gasteiger partial charge in [-0.1, -0.05) is 60.7 Å². The molecule has 5 aromatic rings. The molecule has 1 heterocycles. The smallest absolute Gasteiger partial charge is 0.277 e. The van der Waals surface area contributed by atoms with Crippen LogP contribution in [0.2, 0.25) is 0 Å². The Morgan fingerprint density at radius 3 is 2.61 bits per heavy atom. The van der Waals surface area contributed by atoms with Crippen LogP contribution in [-0.2, 0) is 11.4 Å². The number of amides is 1. The summed E-state index contributed by atoms with van der Waals surface area (Å²) in [5.74, 6) is 0.907. The third-order valence-corrected chi connectivity index (χ3v) is 6.20. The highest BCUT2D eigenvalue weighted by molar-refractivity contribution is 9.10. The number of fused-ring (bicyclic) bond motifs is 2. The molecule has 36 heavy (non-hydrogen) atoms. The fraction of sp³-hybridized carbons (Fsp3) is 0.0690. The van der Waals surface area contributed by atoms with Gasteiger partial charge in [0.15, 0.2) is 6.61 Å². The number of carbonyl (C=O) groups is 1. The number of rotatable bonds is 8. The van der Waals surface area contributed by atoms with Gasteiger partial charge in [-0.15, -0.1) is 0 Å². The van der Waals surface area contributed by atoms with Gasteiger partial charge in [-0.2, -0.15) is 5.10 Å². The number of carbonyl (C=O) groups excluding carboxylic acids is 1. The number of nitrogens with one attached hydrogen (secondary N) is 1. The van der Waals surface area contributed by atoms with Crippen molar-refractivity contribution >= 4 is 49.7 Å². The predicted molar refractivity (Wildman–Crippen MR) is 145 cm³/mol. The van der Waals surface area contributed by atoms with Crippen molar-refractivity contribution in [1.82, 2.24) is 10.4 Å². The van der Waals surface area contributed by atoms with Crippen molar-refractivity contribution in [1.29, 1.82) is 0 Å². The van der Waals surface area contributed by atoms with Crippen LogP contribution >= 0.6 is 15.9 Å². The summed E-state index contributed by atoms with van der Waals surface area (Å²) in [7, 11) is 0. The zero-order chi connectivity index (χ0) is 24.7. The lowest BCUT2D eigenvalue weighted by Crippen LogP contribution is -2.24. The van der Waals surface area contributed by atoms with Crippen LogP contribution in [0.25, 0.3) is 21.7 Å². The molecule has 1 amide bonds. The molecule has 178 valence electrons. The molecule has 6 nitrogen and oxygen atoms in total. The maximum absolute atomic E-state index is 12.2. The Morgan fingerprint density at radius 2 is 1.69 bits per heavy atom. The molecule has 0 aliphatic rings. The normalized spacial score (nSPS) is 11.1. The molecule has 0 aliphatic carbocycles. The van der Waals surface area contributed by atoms with Crippen LogP contribution in [0.1, 0.15) is 11.1 Å². The minimum Gasteiger partial charge on any atom is -0.488 e. The van der Waals surface area contributed by atoms with Crippen molar-refractivity contribution < 1.29 is 14.3 Å². The lowest BCUT2D eigenvalue weighted by Gasteiger charge is -2.11. The average Bonchev–Trinajstić information content (AvgIpc) is 2.91. The highest BCUT2D eigenvalue weighted by atomic mass is 79.9. The zero-order valence-corrected chi connectivity index (χ0v) is 20.8. The number of ether oxygens (including phenoxy) is 2. The summed E-state index contributed by atoms with van der Waals surface area (Å²) in [6, 6.07) is 29.5. The first-order chi connectivity index (χ1) is 17.7.